The Hall–Kier alpha value is -3.46. The van der Waals surface area contributed by atoms with Gasteiger partial charge in [0.15, 0.2) is 5.82 Å². The average molecular weight is 422 g/mol. The van der Waals surface area contributed by atoms with Crippen LogP contribution < -0.4 is 10.1 Å². The Morgan fingerprint density at radius 1 is 1.03 bits per heavy atom. The van der Waals surface area contributed by atoms with Gasteiger partial charge in [-0.3, -0.25) is 4.90 Å². The van der Waals surface area contributed by atoms with E-state index in [0.717, 1.165) is 47.2 Å². The van der Waals surface area contributed by atoms with Crippen molar-refractivity contribution in [1.29, 1.82) is 0 Å². The molecule has 1 N–H and O–H groups in total. The standard InChI is InChI=1S/C22H27N7O2/c1-16-12-17(2)14-18(13-16)23-22(30)28-10-8-27(9-11-28)15-21-24-25-26-29(21)19-4-6-20(31-3)7-5-19/h4-7,12-14H,8-11,15H2,1-3H3,(H,23,30). The van der Waals surface area contributed by atoms with Crippen LogP contribution in [0.2, 0.25) is 0 Å². The van der Waals surface area contributed by atoms with Gasteiger partial charge in [-0.15, -0.1) is 5.10 Å². The third-order valence-corrected chi connectivity index (χ3v) is 5.35. The zero-order valence-electron chi connectivity index (χ0n) is 18.1. The smallest absolute Gasteiger partial charge is 0.321 e. The highest BCUT2D eigenvalue weighted by Gasteiger charge is 2.23. The SMILES string of the molecule is COc1ccc(-n2nnnc2CN2CCN(C(=O)Nc3cc(C)cc(C)c3)CC2)cc1. The molecule has 1 fully saturated rings. The van der Waals surface area contributed by atoms with E-state index in [2.05, 4.69) is 31.8 Å². The van der Waals surface area contributed by atoms with Crippen LogP contribution in [-0.2, 0) is 6.54 Å². The van der Waals surface area contributed by atoms with Crippen LogP contribution in [0.1, 0.15) is 17.0 Å². The first kappa shape index (κ1) is 20.8. The fraction of sp³-hybridized carbons (Fsp3) is 0.364. The summed E-state index contributed by atoms with van der Waals surface area (Å²) in [7, 11) is 1.64. The number of rotatable bonds is 5. The fourth-order valence-electron chi connectivity index (χ4n) is 3.79. The molecule has 1 aromatic heterocycles. The minimum Gasteiger partial charge on any atom is -0.497 e. The molecule has 2 heterocycles. The number of aryl methyl sites for hydroxylation is 2. The highest BCUT2D eigenvalue weighted by molar-refractivity contribution is 5.89. The number of methoxy groups -OCH3 is 1. The summed E-state index contributed by atoms with van der Waals surface area (Å²) in [5.41, 5.74) is 3.99. The molecule has 0 aliphatic carbocycles. The third-order valence-electron chi connectivity index (χ3n) is 5.35. The molecule has 31 heavy (non-hydrogen) atoms. The van der Waals surface area contributed by atoms with E-state index in [1.165, 1.54) is 0 Å². The normalized spacial score (nSPS) is 14.5. The Bertz CT molecular complexity index is 1020. The zero-order valence-corrected chi connectivity index (χ0v) is 18.1. The largest absolute Gasteiger partial charge is 0.497 e. The maximum Gasteiger partial charge on any atom is 0.321 e. The fourth-order valence-corrected chi connectivity index (χ4v) is 3.79. The number of urea groups is 1. The molecule has 0 spiro atoms. The summed E-state index contributed by atoms with van der Waals surface area (Å²) in [5.74, 6) is 1.55. The number of anilines is 1. The van der Waals surface area contributed by atoms with Crippen molar-refractivity contribution < 1.29 is 9.53 Å². The van der Waals surface area contributed by atoms with Crippen LogP contribution in [0.3, 0.4) is 0 Å². The first-order valence-corrected chi connectivity index (χ1v) is 10.3. The number of hydrogen-bond donors (Lipinski definition) is 1. The lowest BCUT2D eigenvalue weighted by molar-refractivity contribution is 0.140. The first-order valence-electron chi connectivity index (χ1n) is 10.3. The molecule has 9 nitrogen and oxygen atoms in total. The summed E-state index contributed by atoms with van der Waals surface area (Å²) < 4.78 is 6.94. The van der Waals surface area contributed by atoms with E-state index < -0.39 is 0 Å². The summed E-state index contributed by atoms with van der Waals surface area (Å²) in [6.07, 6.45) is 0. The van der Waals surface area contributed by atoms with Crippen LogP contribution >= 0.6 is 0 Å². The molecule has 0 saturated carbocycles. The number of nitrogens with zero attached hydrogens (tertiary/aromatic N) is 6. The lowest BCUT2D eigenvalue weighted by atomic mass is 10.1. The number of amides is 2. The maximum absolute atomic E-state index is 12.7. The number of hydrogen-bond acceptors (Lipinski definition) is 6. The second-order valence-corrected chi connectivity index (χ2v) is 7.77. The molecular weight excluding hydrogens is 394 g/mol. The van der Waals surface area contributed by atoms with Gasteiger partial charge in [-0.1, -0.05) is 6.07 Å². The topological polar surface area (TPSA) is 88.4 Å². The lowest BCUT2D eigenvalue weighted by Gasteiger charge is -2.34. The van der Waals surface area contributed by atoms with Crippen LogP contribution in [0.25, 0.3) is 5.69 Å². The molecule has 2 amide bonds. The van der Waals surface area contributed by atoms with Crippen molar-refractivity contribution in [3.05, 3.63) is 59.4 Å². The van der Waals surface area contributed by atoms with Crippen molar-refractivity contribution in [3.63, 3.8) is 0 Å². The van der Waals surface area contributed by atoms with E-state index in [0.29, 0.717) is 19.6 Å². The van der Waals surface area contributed by atoms with Crippen molar-refractivity contribution in [2.75, 3.05) is 38.6 Å². The van der Waals surface area contributed by atoms with Crippen molar-refractivity contribution in [2.24, 2.45) is 0 Å². The molecule has 3 aromatic rings. The summed E-state index contributed by atoms with van der Waals surface area (Å²) in [6, 6.07) is 13.6. The molecule has 0 atom stereocenters. The minimum atomic E-state index is -0.0623. The number of ether oxygens (including phenoxy) is 1. The van der Waals surface area contributed by atoms with E-state index >= 15 is 0 Å². The number of carbonyl (C=O) groups excluding carboxylic acids is 1. The Morgan fingerprint density at radius 3 is 2.35 bits per heavy atom. The van der Waals surface area contributed by atoms with E-state index in [4.69, 9.17) is 4.74 Å². The molecular formula is C22H27N7O2. The quantitative estimate of drug-likeness (QED) is 0.681. The Balaban J connectivity index is 1.33. The van der Waals surface area contributed by atoms with Crippen LogP contribution in [0, 0.1) is 13.8 Å². The number of carbonyl (C=O) groups is 1. The summed E-state index contributed by atoms with van der Waals surface area (Å²) >= 11 is 0. The number of tetrazole rings is 1. The highest BCUT2D eigenvalue weighted by atomic mass is 16.5. The van der Waals surface area contributed by atoms with Gasteiger partial charge in [-0.2, -0.15) is 4.68 Å². The van der Waals surface area contributed by atoms with Gasteiger partial charge >= 0.3 is 6.03 Å². The van der Waals surface area contributed by atoms with Crippen molar-refractivity contribution in [1.82, 2.24) is 30.0 Å². The predicted octanol–water partition coefficient (Wildman–Crippen LogP) is 2.64. The molecule has 1 aliphatic rings. The van der Waals surface area contributed by atoms with E-state index in [-0.39, 0.29) is 6.03 Å². The highest BCUT2D eigenvalue weighted by Crippen LogP contribution is 2.17. The minimum absolute atomic E-state index is 0.0623. The van der Waals surface area contributed by atoms with Crippen LogP contribution in [-0.4, -0.2) is 69.3 Å². The van der Waals surface area contributed by atoms with Gasteiger partial charge < -0.3 is 15.0 Å². The van der Waals surface area contributed by atoms with Gasteiger partial charge in [-0.05, 0) is 71.8 Å². The van der Waals surface area contributed by atoms with Gasteiger partial charge in [0, 0.05) is 31.9 Å². The zero-order chi connectivity index (χ0) is 21.8. The van der Waals surface area contributed by atoms with Crippen LogP contribution in [0.15, 0.2) is 42.5 Å². The number of benzene rings is 2. The van der Waals surface area contributed by atoms with Crippen LogP contribution in [0.4, 0.5) is 10.5 Å². The summed E-state index contributed by atoms with van der Waals surface area (Å²) in [4.78, 5) is 16.8. The first-order chi connectivity index (χ1) is 15.0. The van der Waals surface area contributed by atoms with E-state index in [9.17, 15) is 4.79 Å². The molecule has 0 radical (unpaired) electrons. The van der Waals surface area contributed by atoms with Gasteiger partial charge in [0.2, 0.25) is 0 Å². The van der Waals surface area contributed by atoms with Gasteiger partial charge in [0.05, 0.1) is 19.3 Å². The van der Waals surface area contributed by atoms with Crippen molar-refractivity contribution in [3.8, 4) is 11.4 Å². The van der Waals surface area contributed by atoms with Crippen LogP contribution in [0.5, 0.6) is 5.75 Å². The third kappa shape index (κ3) is 5.00. The molecule has 1 saturated heterocycles. The average Bonchev–Trinajstić information content (AvgIpc) is 3.21. The molecule has 2 aromatic carbocycles. The van der Waals surface area contributed by atoms with Crippen molar-refractivity contribution in [2.45, 2.75) is 20.4 Å². The van der Waals surface area contributed by atoms with Gasteiger partial charge in [-0.25, -0.2) is 4.79 Å². The predicted molar refractivity (Wildman–Crippen MR) is 117 cm³/mol. The second kappa shape index (κ2) is 9.13. The summed E-state index contributed by atoms with van der Waals surface area (Å²) in [5, 5.41) is 15.2. The molecule has 0 unspecified atom stereocenters. The number of nitrogens with one attached hydrogen (secondary N) is 1. The Morgan fingerprint density at radius 2 is 1.71 bits per heavy atom. The maximum atomic E-state index is 12.7. The van der Waals surface area contributed by atoms with Gasteiger partial charge in [0.1, 0.15) is 5.75 Å². The lowest BCUT2D eigenvalue weighted by Crippen LogP contribution is -2.49. The second-order valence-electron chi connectivity index (χ2n) is 7.77. The molecule has 0 bridgehead atoms. The summed E-state index contributed by atoms with van der Waals surface area (Å²) in [6.45, 7) is 7.50. The van der Waals surface area contributed by atoms with Gasteiger partial charge in [0.25, 0.3) is 0 Å². The number of piperazine rings is 1. The van der Waals surface area contributed by atoms with Crippen molar-refractivity contribution >= 4 is 11.7 Å². The molecule has 4 rings (SSSR count). The molecule has 162 valence electrons. The Kier molecular flexibility index (Phi) is 6.13. The van der Waals surface area contributed by atoms with E-state index in [1.807, 2.05) is 55.1 Å². The Labute approximate surface area is 181 Å². The molecule has 1 aliphatic heterocycles. The molecule has 9 heteroatoms. The monoisotopic (exact) mass is 421 g/mol. The van der Waals surface area contributed by atoms with E-state index in [1.54, 1.807) is 11.8 Å². The number of aromatic nitrogens is 4.